The van der Waals surface area contributed by atoms with Gasteiger partial charge in [-0.15, -0.1) is 11.3 Å². The van der Waals surface area contributed by atoms with Crippen molar-refractivity contribution in [2.24, 2.45) is 0 Å². The average Bonchev–Trinajstić information content (AvgIpc) is 3.42. The van der Waals surface area contributed by atoms with Gasteiger partial charge in [0, 0.05) is 54.3 Å². The Morgan fingerprint density at radius 1 is 1.22 bits per heavy atom. The van der Waals surface area contributed by atoms with Crippen molar-refractivity contribution in [3.05, 3.63) is 46.9 Å². The molecule has 1 aliphatic rings. The monoisotopic (exact) mass is 454 g/mol. The van der Waals surface area contributed by atoms with E-state index in [2.05, 4.69) is 59.4 Å². The zero-order valence-corrected chi connectivity index (χ0v) is 20.8. The molecular formula is C25H34N4O2S. The Morgan fingerprint density at radius 3 is 2.53 bits per heavy atom. The van der Waals surface area contributed by atoms with Crippen molar-refractivity contribution in [2.75, 3.05) is 27.2 Å². The van der Waals surface area contributed by atoms with Crippen LogP contribution in [0, 0.1) is 6.92 Å². The summed E-state index contributed by atoms with van der Waals surface area (Å²) in [7, 11) is 4.34. The third-order valence-corrected chi connectivity index (χ3v) is 7.46. The third kappa shape index (κ3) is 4.47. The summed E-state index contributed by atoms with van der Waals surface area (Å²) >= 11 is 1.63. The van der Waals surface area contributed by atoms with E-state index in [1.54, 1.807) is 11.3 Å². The van der Waals surface area contributed by atoms with Crippen LogP contribution in [0.5, 0.6) is 0 Å². The minimum absolute atomic E-state index is 0.149. The largest absolute Gasteiger partial charge is 0.459 e. The second-order valence-electron chi connectivity index (χ2n) is 9.32. The predicted molar refractivity (Wildman–Crippen MR) is 130 cm³/mol. The zero-order valence-electron chi connectivity index (χ0n) is 20.0. The summed E-state index contributed by atoms with van der Waals surface area (Å²) in [5.74, 6) is -0.250. The number of carbonyl (C=O) groups excluding carboxylic acids is 1. The average molecular weight is 455 g/mol. The number of aromatic nitrogens is 2. The molecule has 6 nitrogen and oxygen atoms in total. The van der Waals surface area contributed by atoms with Crippen LogP contribution in [0.1, 0.15) is 61.3 Å². The number of piperidine rings is 1. The maximum Gasteiger partial charge on any atom is 0.338 e. The number of ether oxygens (including phenoxy) is 1. The number of hydrogen-bond acceptors (Lipinski definition) is 6. The van der Waals surface area contributed by atoms with E-state index in [4.69, 9.17) is 4.74 Å². The molecule has 4 heterocycles. The van der Waals surface area contributed by atoms with Crippen LogP contribution in [-0.2, 0) is 4.74 Å². The second kappa shape index (κ2) is 9.33. The van der Waals surface area contributed by atoms with Gasteiger partial charge in [-0.25, -0.2) is 4.79 Å². The lowest BCUT2D eigenvalue weighted by Crippen LogP contribution is -2.43. The van der Waals surface area contributed by atoms with Gasteiger partial charge in [-0.3, -0.25) is 9.88 Å². The molecule has 1 unspecified atom stereocenters. The van der Waals surface area contributed by atoms with Crippen LogP contribution in [0.3, 0.4) is 0 Å². The molecule has 0 saturated carbocycles. The van der Waals surface area contributed by atoms with Gasteiger partial charge in [0.1, 0.15) is 0 Å². The highest BCUT2D eigenvalue weighted by atomic mass is 32.1. The van der Waals surface area contributed by atoms with Crippen molar-refractivity contribution >= 4 is 22.8 Å². The van der Waals surface area contributed by atoms with Gasteiger partial charge in [0.25, 0.3) is 0 Å². The lowest BCUT2D eigenvalue weighted by molar-refractivity contribution is 0.0376. The summed E-state index contributed by atoms with van der Waals surface area (Å²) < 4.78 is 7.85. The fourth-order valence-corrected chi connectivity index (χ4v) is 5.44. The van der Waals surface area contributed by atoms with E-state index in [0.29, 0.717) is 11.6 Å². The number of rotatable bonds is 6. The maximum absolute atomic E-state index is 13.0. The first-order chi connectivity index (χ1) is 15.3. The van der Waals surface area contributed by atoms with Crippen molar-refractivity contribution in [2.45, 2.75) is 58.7 Å². The molecule has 0 spiro atoms. The van der Waals surface area contributed by atoms with E-state index in [0.717, 1.165) is 53.1 Å². The minimum atomic E-state index is -0.250. The van der Waals surface area contributed by atoms with E-state index in [9.17, 15) is 4.79 Å². The SMILES string of the molecule is Cc1c(C(=O)OC(C)C)cc2cc(-c3cncs3)cn2c1C(C)N1CCC(N(C)C)CC1. The molecule has 0 aromatic carbocycles. The Morgan fingerprint density at radius 2 is 1.94 bits per heavy atom. The summed E-state index contributed by atoms with van der Waals surface area (Å²) in [6, 6.07) is 4.94. The molecule has 4 rings (SSSR count). The zero-order chi connectivity index (χ0) is 23.0. The van der Waals surface area contributed by atoms with E-state index in [-0.39, 0.29) is 18.1 Å². The molecule has 0 bridgehead atoms. The summed E-state index contributed by atoms with van der Waals surface area (Å²) in [5.41, 5.74) is 6.81. The molecule has 32 heavy (non-hydrogen) atoms. The molecule has 3 aromatic heterocycles. The summed E-state index contributed by atoms with van der Waals surface area (Å²) in [4.78, 5) is 23.2. The first-order valence-electron chi connectivity index (χ1n) is 11.4. The van der Waals surface area contributed by atoms with Crippen LogP contribution in [0.2, 0.25) is 0 Å². The molecular weight excluding hydrogens is 420 g/mol. The Kier molecular flexibility index (Phi) is 6.70. The highest BCUT2D eigenvalue weighted by Gasteiger charge is 2.29. The number of thiazole rings is 1. The number of pyridine rings is 1. The van der Waals surface area contributed by atoms with Gasteiger partial charge < -0.3 is 14.0 Å². The van der Waals surface area contributed by atoms with Crippen molar-refractivity contribution in [1.29, 1.82) is 0 Å². The van der Waals surface area contributed by atoms with Gasteiger partial charge >= 0.3 is 5.97 Å². The standard InChI is InChI=1S/C25H34N4O2S/c1-16(2)31-25(30)22-12-21-11-19(23-13-26-15-32-23)14-29(21)24(17(22)3)18(4)28-9-7-20(8-10-28)27(5)6/h11-16,18,20H,7-10H2,1-6H3. The van der Waals surface area contributed by atoms with Crippen molar-refractivity contribution in [1.82, 2.24) is 19.2 Å². The normalized spacial score (nSPS) is 16.9. The number of fused-ring (bicyclic) bond motifs is 1. The second-order valence-corrected chi connectivity index (χ2v) is 10.2. The van der Waals surface area contributed by atoms with Crippen LogP contribution >= 0.6 is 11.3 Å². The smallest absolute Gasteiger partial charge is 0.338 e. The lowest BCUT2D eigenvalue weighted by atomic mass is 9.98. The van der Waals surface area contributed by atoms with Gasteiger partial charge in [-0.05, 0) is 72.3 Å². The number of nitrogens with zero attached hydrogens (tertiary/aromatic N) is 4. The molecule has 1 atom stereocenters. The molecule has 3 aromatic rings. The van der Waals surface area contributed by atoms with Gasteiger partial charge in [-0.1, -0.05) is 0 Å². The van der Waals surface area contributed by atoms with Gasteiger partial charge in [0.05, 0.1) is 22.1 Å². The minimum Gasteiger partial charge on any atom is -0.459 e. The first-order valence-corrected chi connectivity index (χ1v) is 12.3. The number of carbonyl (C=O) groups is 1. The van der Waals surface area contributed by atoms with Crippen LogP contribution in [0.4, 0.5) is 0 Å². The molecule has 1 aliphatic heterocycles. The lowest BCUT2D eigenvalue weighted by Gasteiger charge is -2.39. The summed E-state index contributed by atoms with van der Waals surface area (Å²) in [5, 5.41) is 0. The van der Waals surface area contributed by atoms with Crippen LogP contribution in [-0.4, -0.2) is 64.5 Å². The van der Waals surface area contributed by atoms with Crippen LogP contribution < -0.4 is 0 Å². The van der Waals surface area contributed by atoms with E-state index >= 15 is 0 Å². The van der Waals surface area contributed by atoms with Crippen LogP contribution in [0.25, 0.3) is 16.0 Å². The summed E-state index contributed by atoms with van der Waals surface area (Å²) in [6.45, 7) is 10.2. The topological polar surface area (TPSA) is 50.1 Å². The fraction of sp³-hybridized carbons (Fsp3) is 0.520. The molecule has 172 valence electrons. The number of likely N-dealkylation sites (tertiary alicyclic amines) is 1. The Bertz CT molecular complexity index is 1080. The molecule has 0 radical (unpaired) electrons. The van der Waals surface area contributed by atoms with E-state index in [1.807, 2.05) is 31.6 Å². The fourth-order valence-electron chi connectivity index (χ4n) is 4.83. The maximum atomic E-state index is 13.0. The molecule has 0 N–H and O–H groups in total. The first kappa shape index (κ1) is 23.0. The molecule has 7 heteroatoms. The quantitative estimate of drug-likeness (QED) is 0.489. The Balaban J connectivity index is 1.78. The Labute approximate surface area is 194 Å². The predicted octanol–water partition coefficient (Wildman–Crippen LogP) is 5.02. The molecule has 0 aliphatic carbocycles. The highest BCUT2D eigenvalue weighted by Crippen LogP contribution is 2.34. The number of hydrogen-bond donors (Lipinski definition) is 0. The number of esters is 1. The molecule has 1 fully saturated rings. The van der Waals surface area contributed by atoms with Crippen LogP contribution in [0.15, 0.2) is 30.0 Å². The highest BCUT2D eigenvalue weighted by molar-refractivity contribution is 7.13. The molecule has 0 amide bonds. The van der Waals surface area contributed by atoms with Gasteiger partial charge in [0.2, 0.25) is 0 Å². The van der Waals surface area contributed by atoms with Gasteiger partial charge in [-0.2, -0.15) is 0 Å². The molecule has 1 saturated heterocycles. The van der Waals surface area contributed by atoms with E-state index in [1.165, 1.54) is 0 Å². The van der Waals surface area contributed by atoms with Gasteiger partial charge in [0.15, 0.2) is 0 Å². The third-order valence-electron chi connectivity index (χ3n) is 6.64. The summed E-state index contributed by atoms with van der Waals surface area (Å²) in [6.07, 6.45) is 6.25. The Hall–Kier alpha value is -2.22. The van der Waals surface area contributed by atoms with Crippen molar-refractivity contribution in [3.63, 3.8) is 0 Å². The van der Waals surface area contributed by atoms with Crippen molar-refractivity contribution < 1.29 is 9.53 Å². The van der Waals surface area contributed by atoms with E-state index < -0.39 is 0 Å². The van der Waals surface area contributed by atoms with Crippen molar-refractivity contribution in [3.8, 4) is 10.4 Å².